The zero-order valence-corrected chi connectivity index (χ0v) is 15.9. The maximum atomic E-state index is 6.27. The molecule has 4 aromatic rings. The summed E-state index contributed by atoms with van der Waals surface area (Å²) in [5, 5.41) is 4.87. The summed E-state index contributed by atoms with van der Waals surface area (Å²) in [6, 6.07) is 18.7. The molecule has 0 bridgehead atoms. The minimum absolute atomic E-state index is 0.570. The summed E-state index contributed by atoms with van der Waals surface area (Å²) in [6.45, 7) is 0.716. The first kappa shape index (κ1) is 17.4. The van der Waals surface area contributed by atoms with Crippen molar-refractivity contribution in [2.45, 2.75) is 19.3 Å². The van der Waals surface area contributed by atoms with Gasteiger partial charge in [-0.15, -0.1) is 0 Å². The lowest BCUT2D eigenvalue weighted by Gasteiger charge is -2.06. The van der Waals surface area contributed by atoms with E-state index in [4.69, 9.17) is 28.9 Å². The number of aromatic nitrogens is 1. The van der Waals surface area contributed by atoms with Gasteiger partial charge in [-0.05, 0) is 54.5 Å². The molecule has 0 aliphatic rings. The normalized spacial score (nSPS) is 11.5. The molecule has 3 N–H and O–H groups in total. The highest BCUT2D eigenvalue weighted by Crippen LogP contribution is 2.37. The van der Waals surface area contributed by atoms with Gasteiger partial charge in [-0.3, -0.25) is 0 Å². The summed E-state index contributed by atoms with van der Waals surface area (Å²) in [5.41, 5.74) is 10.4. The van der Waals surface area contributed by atoms with Gasteiger partial charge >= 0.3 is 0 Å². The average molecular weight is 383 g/mol. The van der Waals surface area contributed by atoms with Crippen LogP contribution in [0.3, 0.4) is 0 Å². The second-order valence-corrected chi connectivity index (χ2v) is 7.38. The Kier molecular flexibility index (Phi) is 4.90. The van der Waals surface area contributed by atoms with Crippen molar-refractivity contribution in [3.05, 3.63) is 70.2 Å². The van der Waals surface area contributed by atoms with Gasteiger partial charge in [0.1, 0.15) is 0 Å². The van der Waals surface area contributed by atoms with E-state index in [0.29, 0.717) is 16.6 Å². The molecular formula is C22H20Cl2N2. The number of rotatable bonds is 5. The Morgan fingerprint density at radius 3 is 2.50 bits per heavy atom. The molecule has 1 heterocycles. The molecule has 0 fully saturated rings. The van der Waals surface area contributed by atoms with Crippen molar-refractivity contribution in [3.8, 4) is 11.3 Å². The lowest BCUT2D eigenvalue weighted by molar-refractivity contribution is 0.748. The topological polar surface area (TPSA) is 41.8 Å². The van der Waals surface area contributed by atoms with E-state index < -0.39 is 0 Å². The predicted molar refractivity (Wildman–Crippen MR) is 113 cm³/mol. The molecule has 0 aliphatic carbocycles. The smallest absolute Gasteiger partial charge is 0.0599 e. The second kappa shape index (κ2) is 7.32. The Bertz CT molecular complexity index is 1080. The van der Waals surface area contributed by atoms with E-state index in [2.05, 4.69) is 41.4 Å². The minimum atomic E-state index is 0.570. The molecule has 0 radical (unpaired) electrons. The van der Waals surface area contributed by atoms with E-state index in [1.54, 1.807) is 0 Å². The number of hydrogen-bond acceptors (Lipinski definition) is 1. The Morgan fingerprint density at radius 1 is 0.846 bits per heavy atom. The van der Waals surface area contributed by atoms with Crippen LogP contribution in [0.5, 0.6) is 0 Å². The molecule has 0 amide bonds. The van der Waals surface area contributed by atoms with Gasteiger partial charge in [-0.1, -0.05) is 65.7 Å². The van der Waals surface area contributed by atoms with Crippen molar-refractivity contribution in [2.24, 2.45) is 5.73 Å². The summed E-state index contributed by atoms with van der Waals surface area (Å²) >= 11 is 12.4. The number of nitrogens with one attached hydrogen (secondary N) is 1. The standard InChI is InChI=1S/C22H20Cl2N2/c23-19-11-9-15(13-20(19)24)21-17(7-3-4-12-25)18-10-8-14-5-1-2-6-16(14)22(18)26-21/h1-2,5-6,8-11,13,26H,3-4,7,12,25H2. The molecule has 0 aliphatic heterocycles. The average Bonchev–Trinajstić information content (AvgIpc) is 3.03. The molecule has 1 aromatic heterocycles. The lowest BCUT2D eigenvalue weighted by atomic mass is 9.99. The van der Waals surface area contributed by atoms with Crippen LogP contribution >= 0.6 is 23.2 Å². The first-order valence-electron chi connectivity index (χ1n) is 8.87. The quantitative estimate of drug-likeness (QED) is 0.376. The van der Waals surface area contributed by atoms with Gasteiger partial charge in [0.2, 0.25) is 0 Å². The Balaban J connectivity index is 1.95. The Hall–Kier alpha value is -2.00. The van der Waals surface area contributed by atoms with Gasteiger partial charge in [-0.25, -0.2) is 0 Å². The lowest BCUT2D eigenvalue weighted by Crippen LogP contribution is -1.99. The molecule has 4 rings (SSSR count). The third kappa shape index (κ3) is 3.09. The third-order valence-electron chi connectivity index (χ3n) is 4.90. The number of unbranched alkanes of at least 4 members (excludes halogenated alkanes) is 1. The number of benzene rings is 3. The molecule has 132 valence electrons. The number of fused-ring (bicyclic) bond motifs is 3. The molecule has 3 aromatic carbocycles. The highest BCUT2D eigenvalue weighted by molar-refractivity contribution is 6.42. The van der Waals surface area contributed by atoms with Crippen LogP contribution in [-0.4, -0.2) is 11.5 Å². The summed E-state index contributed by atoms with van der Waals surface area (Å²) in [7, 11) is 0. The SMILES string of the molecule is NCCCCc1c(-c2ccc(Cl)c(Cl)c2)[nH]c2c1ccc1ccccc12. The predicted octanol–water partition coefficient (Wildman–Crippen LogP) is 6.58. The Morgan fingerprint density at radius 2 is 1.69 bits per heavy atom. The maximum absolute atomic E-state index is 6.27. The molecule has 0 unspecified atom stereocenters. The van der Waals surface area contributed by atoms with Crippen molar-refractivity contribution in [3.63, 3.8) is 0 Å². The fourth-order valence-corrected chi connectivity index (χ4v) is 3.89. The van der Waals surface area contributed by atoms with E-state index in [1.165, 1.54) is 27.2 Å². The van der Waals surface area contributed by atoms with E-state index >= 15 is 0 Å². The summed E-state index contributed by atoms with van der Waals surface area (Å²) in [4.78, 5) is 3.66. The van der Waals surface area contributed by atoms with Crippen LogP contribution in [0.1, 0.15) is 18.4 Å². The van der Waals surface area contributed by atoms with Crippen LogP contribution in [0.25, 0.3) is 32.9 Å². The fourth-order valence-electron chi connectivity index (χ4n) is 3.60. The molecule has 26 heavy (non-hydrogen) atoms. The van der Waals surface area contributed by atoms with Gasteiger partial charge in [0.15, 0.2) is 0 Å². The first-order chi connectivity index (χ1) is 12.7. The number of aromatic amines is 1. The van der Waals surface area contributed by atoms with Gasteiger partial charge in [0, 0.05) is 16.5 Å². The highest BCUT2D eigenvalue weighted by Gasteiger charge is 2.15. The molecule has 0 saturated carbocycles. The molecular weight excluding hydrogens is 363 g/mol. The number of halogens is 2. The number of H-pyrrole nitrogens is 1. The van der Waals surface area contributed by atoms with Gasteiger partial charge in [0.25, 0.3) is 0 Å². The van der Waals surface area contributed by atoms with Gasteiger partial charge in [-0.2, -0.15) is 0 Å². The van der Waals surface area contributed by atoms with Crippen LogP contribution in [-0.2, 0) is 6.42 Å². The third-order valence-corrected chi connectivity index (χ3v) is 5.63. The van der Waals surface area contributed by atoms with Crippen LogP contribution < -0.4 is 5.73 Å². The number of aryl methyl sites for hydroxylation is 1. The monoisotopic (exact) mass is 382 g/mol. The van der Waals surface area contributed by atoms with E-state index in [0.717, 1.165) is 30.5 Å². The molecule has 4 heteroatoms. The van der Waals surface area contributed by atoms with Crippen molar-refractivity contribution < 1.29 is 0 Å². The van der Waals surface area contributed by atoms with Crippen LogP contribution in [0, 0.1) is 0 Å². The molecule has 0 spiro atoms. The Labute approximate surface area is 162 Å². The van der Waals surface area contributed by atoms with Gasteiger partial charge in [0.05, 0.1) is 15.6 Å². The number of nitrogens with two attached hydrogens (primary N) is 1. The summed E-state index contributed by atoms with van der Waals surface area (Å²) < 4.78 is 0. The van der Waals surface area contributed by atoms with Crippen LogP contribution in [0.15, 0.2) is 54.6 Å². The fraction of sp³-hybridized carbons (Fsp3) is 0.182. The van der Waals surface area contributed by atoms with Crippen molar-refractivity contribution in [1.29, 1.82) is 0 Å². The summed E-state index contributed by atoms with van der Waals surface area (Å²) in [6.07, 6.45) is 3.05. The van der Waals surface area contributed by atoms with Crippen molar-refractivity contribution in [1.82, 2.24) is 4.98 Å². The zero-order chi connectivity index (χ0) is 18.1. The largest absolute Gasteiger partial charge is 0.354 e. The molecule has 0 atom stereocenters. The second-order valence-electron chi connectivity index (χ2n) is 6.56. The molecule has 0 saturated heterocycles. The van der Waals surface area contributed by atoms with Crippen molar-refractivity contribution >= 4 is 44.9 Å². The minimum Gasteiger partial charge on any atom is -0.354 e. The number of hydrogen-bond donors (Lipinski definition) is 2. The first-order valence-corrected chi connectivity index (χ1v) is 9.62. The highest BCUT2D eigenvalue weighted by atomic mass is 35.5. The maximum Gasteiger partial charge on any atom is 0.0599 e. The van der Waals surface area contributed by atoms with Crippen LogP contribution in [0.4, 0.5) is 0 Å². The van der Waals surface area contributed by atoms with Gasteiger partial charge < -0.3 is 10.7 Å². The van der Waals surface area contributed by atoms with E-state index in [9.17, 15) is 0 Å². The van der Waals surface area contributed by atoms with Crippen molar-refractivity contribution in [2.75, 3.05) is 6.54 Å². The molecule has 2 nitrogen and oxygen atoms in total. The van der Waals surface area contributed by atoms with E-state index in [-0.39, 0.29) is 0 Å². The van der Waals surface area contributed by atoms with E-state index in [1.807, 2.05) is 18.2 Å². The van der Waals surface area contributed by atoms with Crippen LogP contribution in [0.2, 0.25) is 10.0 Å². The zero-order valence-electron chi connectivity index (χ0n) is 14.4. The summed E-state index contributed by atoms with van der Waals surface area (Å²) in [5.74, 6) is 0.